The Labute approximate surface area is 229 Å². The number of hydrogen-bond acceptors (Lipinski definition) is 6. The standard InChI is InChI=1S/C28H32F3N3O6/c1-26(2,3)39-24(36)20(33-25(37)40-27(4,5)6)13-16-8-7-9-18(12-16)34-21-15-19(38-28(29,30)31)11-10-17(21)14-22(34)23(32)35/h7-12,14-15,20H,13H2,1-6H3,(H2,32,35)(H,33,37)/t20-/m1/s1. The number of rotatable bonds is 7. The summed E-state index contributed by atoms with van der Waals surface area (Å²) >= 11 is 0. The van der Waals surface area contributed by atoms with Crippen molar-refractivity contribution in [2.75, 3.05) is 0 Å². The van der Waals surface area contributed by atoms with Crippen LogP contribution in [-0.2, 0) is 20.7 Å². The van der Waals surface area contributed by atoms with Gasteiger partial charge >= 0.3 is 18.4 Å². The number of benzene rings is 2. The molecule has 1 atom stereocenters. The number of alkyl halides is 3. The van der Waals surface area contributed by atoms with E-state index in [-0.39, 0.29) is 17.6 Å². The lowest BCUT2D eigenvalue weighted by molar-refractivity contribution is -0.274. The molecule has 3 rings (SSSR count). The second-order valence-corrected chi connectivity index (χ2v) is 11.1. The molecule has 2 aromatic carbocycles. The Kier molecular flexibility index (Phi) is 8.42. The van der Waals surface area contributed by atoms with Crippen molar-refractivity contribution >= 4 is 28.9 Å². The molecular weight excluding hydrogens is 531 g/mol. The summed E-state index contributed by atoms with van der Waals surface area (Å²) in [5, 5.41) is 3.00. The molecule has 9 nitrogen and oxygen atoms in total. The van der Waals surface area contributed by atoms with Gasteiger partial charge < -0.3 is 29.8 Å². The second kappa shape index (κ2) is 11.1. The van der Waals surface area contributed by atoms with Crippen LogP contribution in [0.4, 0.5) is 18.0 Å². The van der Waals surface area contributed by atoms with E-state index in [1.807, 2.05) is 0 Å². The highest BCUT2D eigenvalue weighted by molar-refractivity contribution is 5.99. The maximum Gasteiger partial charge on any atom is 0.573 e. The number of halogens is 3. The number of esters is 1. The third kappa shape index (κ3) is 8.39. The van der Waals surface area contributed by atoms with Gasteiger partial charge in [-0.2, -0.15) is 0 Å². The minimum atomic E-state index is -4.91. The van der Waals surface area contributed by atoms with Gasteiger partial charge in [0.15, 0.2) is 0 Å². The van der Waals surface area contributed by atoms with Gasteiger partial charge in [0, 0.05) is 23.6 Å². The Balaban J connectivity index is 2.03. The summed E-state index contributed by atoms with van der Waals surface area (Å²) < 4.78 is 54.8. The Hall–Kier alpha value is -4.22. The first kappa shape index (κ1) is 30.3. The number of nitrogens with one attached hydrogen (secondary N) is 1. The number of primary amides is 1. The Morgan fingerprint density at radius 3 is 2.15 bits per heavy atom. The molecular formula is C28H32F3N3O6. The smallest absolute Gasteiger partial charge is 0.458 e. The van der Waals surface area contributed by atoms with Crippen molar-refractivity contribution in [2.24, 2.45) is 5.73 Å². The van der Waals surface area contributed by atoms with Crippen molar-refractivity contribution in [1.82, 2.24) is 9.88 Å². The van der Waals surface area contributed by atoms with Crippen LogP contribution >= 0.6 is 0 Å². The summed E-state index contributed by atoms with van der Waals surface area (Å²) in [6.07, 6.45) is -5.74. The van der Waals surface area contributed by atoms with E-state index in [0.29, 0.717) is 16.6 Å². The van der Waals surface area contributed by atoms with Crippen LogP contribution in [-0.4, -0.2) is 46.1 Å². The largest absolute Gasteiger partial charge is 0.573 e. The number of ether oxygens (including phenoxy) is 3. The number of aromatic nitrogens is 1. The zero-order valence-corrected chi connectivity index (χ0v) is 23.0. The monoisotopic (exact) mass is 563 g/mol. The Morgan fingerprint density at radius 2 is 1.57 bits per heavy atom. The van der Waals surface area contributed by atoms with Gasteiger partial charge in [-0.3, -0.25) is 4.79 Å². The van der Waals surface area contributed by atoms with Crippen LogP contribution in [0.25, 0.3) is 16.6 Å². The average molecular weight is 564 g/mol. The van der Waals surface area contributed by atoms with E-state index < -0.39 is 47.3 Å². The van der Waals surface area contributed by atoms with E-state index in [4.69, 9.17) is 15.2 Å². The lowest BCUT2D eigenvalue weighted by Gasteiger charge is -2.26. The summed E-state index contributed by atoms with van der Waals surface area (Å²) in [4.78, 5) is 37.7. The fourth-order valence-corrected chi connectivity index (χ4v) is 3.91. The molecule has 0 aliphatic heterocycles. The van der Waals surface area contributed by atoms with Crippen molar-refractivity contribution in [1.29, 1.82) is 0 Å². The molecule has 0 saturated carbocycles. The maximum absolute atomic E-state index is 13.0. The van der Waals surface area contributed by atoms with Crippen LogP contribution in [0.1, 0.15) is 57.6 Å². The number of carbonyl (C=O) groups excluding carboxylic acids is 3. The molecule has 40 heavy (non-hydrogen) atoms. The molecule has 3 aromatic rings. The van der Waals surface area contributed by atoms with E-state index in [9.17, 15) is 27.6 Å². The zero-order valence-electron chi connectivity index (χ0n) is 23.0. The molecule has 1 aromatic heterocycles. The van der Waals surface area contributed by atoms with Crippen LogP contribution in [0, 0.1) is 0 Å². The summed E-state index contributed by atoms with van der Waals surface area (Å²) in [5.74, 6) is -1.97. The van der Waals surface area contributed by atoms with Crippen molar-refractivity contribution in [2.45, 2.75) is 71.6 Å². The fourth-order valence-electron chi connectivity index (χ4n) is 3.91. The fraction of sp³-hybridized carbons (Fsp3) is 0.393. The van der Waals surface area contributed by atoms with E-state index in [1.54, 1.807) is 65.8 Å². The minimum Gasteiger partial charge on any atom is -0.458 e. The number of fused-ring (bicyclic) bond motifs is 1. The molecule has 0 bridgehead atoms. The molecule has 0 fully saturated rings. The van der Waals surface area contributed by atoms with Gasteiger partial charge in [-0.15, -0.1) is 13.2 Å². The highest BCUT2D eigenvalue weighted by atomic mass is 19.4. The third-order valence-corrected chi connectivity index (χ3v) is 5.25. The highest BCUT2D eigenvalue weighted by Gasteiger charge is 2.32. The SMILES string of the molecule is CC(C)(C)OC(=O)N[C@H](Cc1cccc(-n2c(C(N)=O)cc3ccc(OC(F)(F)F)cc32)c1)C(=O)OC(C)(C)C. The average Bonchev–Trinajstić information content (AvgIpc) is 3.14. The summed E-state index contributed by atoms with van der Waals surface area (Å²) in [7, 11) is 0. The van der Waals surface area contributed by atoms with Gasteiger partial charge in [0.1, 0.15) is 28.7 Å². The zero-order chi connectivity index (χ0) is 30.0. The van der Waals surface area contributed by atoms with Gasteiger partial charge in [-0.1, -0.05) is 12.1 Å². The molecule has 0 unspecified atom stereocenters. The summed E-state index contributed by atoms with van der Waals surface area (Å²) in [5.41, 5.74) is 5.13. The summed E-state index contributed by atoms with van der Waals surface area (Å²) in [6.45, 7) is 10.1. The van der Waals surface area contributed by atoms with Crippen LogP contribution in [0.3, 0.4) is 0 Å². The molecule has 0 radical (unpaired) electrons. The second-order valence-electron chi connectivity index (χ2n) is 11.1. The predicted octanol–water partition coefficient (Wildman–Crippen LogP) is 5.41. The minimum absolute atomic E-state index is 0.0183. The molecule has 0 aliphatic rings. The summed E-state index contributed by atoms with van der Waals surface area (Å²) in [6, 6.07) is 10.6. The van der Waals surface area contributed by atoms with Gasteiger partial charge in [-0.25, -0.2) is 9.59 Å². The quantitative estimate of drug-likeness (QED) is 0.371. The molecule has 12 heteroatoms. The molecule has 216 valence electrons. The number of nitrogens with two attached hydrogens (primary N) is 1. The van der Waals surface area contributed by atoms with E-state index >= 15 is 0 Å². The van der Waals surface area contributed by atoms with Gasteiger partial charge in [-0.05, 0) is 77.4 Å². The molecule has 2 amide bonds. The van der Waals surface area contributed by atoms with E-state index in [0.717, 1.165) is 12.1 Å². The molecule has 3 N–H and O–H groups in total. The van der Waals surface area contributed by atoms with Crippen molar-refractivity contribution in [3.05, 3.63) is 59.8 Å². The van der Waals surface area contributed by atoms with Crippen LogP contribution < -0.4 is 15.8 Å². The predicted molar refractivity (Wildman–Crippen MR) is 141 cm³/mol. The number of nitrogens with zero attached hydrogens (tertiary/aromatic N) is 1. The topological polar surface area (TPSA) is 122 Å². The van der Waals surface area contributed by atoms with Crippen molar-refractivity contribution < 1.29 is 41.8 Å². The lowest BCUT2D eigenvalue weighted by Crippen LogP contribution is -2.47. The van der Waals surface area contributed by atoms with Crippen molar-refractivity contribution in [3.8, 4) is 11.4 Å². The van der Waals surface area contributed by atoms with Gasteiger partial charge in [0.2, 0.25) is 0 Å². The highest BCUT2D eigenvalue weighted by Crippen LogP contribution is 2.31. The van der Waals surface area contributed by atoms with E-state index in [2.05, 4.69) is 10.1 Å². The van der Waals surface area contributed by atoms with Crippen LogP contribution in [0.15, 0.2) is 48.5 Å². The number of amides is 2. The van der Waals surface area contributed by atoms with Gasteiger partial charge in [0.05, 0.1) is 5.52 Å². The van der Waals surface area contributed by atoms with Crippen molar-refractivity contribution in [3.63, 3.8) is 0 Å². The Bertz CT molecular complexity index is 1420. The molecule has 0 saturated heterocycles. The normalized spacial score (nSPS) is 13.0. The Morgan fingerprint density at radius 1 is 0.925 bits per heavy atom. The first-order valence-corrected chi connectivity index (χ1v) is 12.3. The molecule has 1 heterocycles. The van der Waals surface area contributed by atoms with Gasteiger partial charge in [0.25, 0.3) is 5.91 Å². The first-order valence-electron chi connectivity index (χ1n) is 12.3. The molecule has 0 spiro atoms. The van der Waals surface area contributed by atoms with Crippen LogP contribution in [0.2, 0.25) is 0 Å². The lowest BCUT2D eigenvalue weighted by atomic mass is 10.0. The molecule has 0 aliphatic carbocycles. The number of alkyl carbamates (subject to hydrolysis) is 1. The van der Waals surface area contributed by atoms with Crippen LogP contribution in [0.5, 0.6) is 5.75 Å². The van der Waals surface area contributed by atoms with E-state index in [1.165, 1.54) is 16.7 Å². The number of hydrogen-bond donors (Lipinski definition) is 2. The first-order chi connectivity index (χ1) is 18.3. The maximum atomic E-state index is 13.0. The number of carbonyl (C=O) groups is 3. The third-order valence-electron chi connectivity index (χ3n) is 5.25.